The maximum atomic E-state index is 11.8. The van der Waals surface area contributed by atoms with Gasteiger partial charge in [-0.2, -0.15) is 0 Å². The standard InChI is InChI=1S/C10H11BrN5O5PS.Na/c11-10-15-4-7(12)13-2-14-8(4)16(10)9-5(17)6-3(20-9)1-19-22(18,23)21-6;/h2-3,5-6,9,17H,1H2,(H,18,23)(H2,12,13,14);/q;+1/p-1. The molecule has 0 aromatic carbocycles. The molecule has 0 spiro atoms. The average Bonchev–Trinajstić information content (AvgIpc) is 2.97. The third-order valence-electron chi connectivity index (χ3n) is 3.67. The third kappa shape index (κ3) is 3.08. The van der Waals surface area contributed by atoms with Crippen molar-refractivity contribution in [1.29, 1.82) is 0 Å². The summed E-state index contributed by atoms with van der Waals surface area (Å²) in [5.41, 5.74) is 6.53. The molecule has 124 valence electrons. The fraction of sp³-hybridized carbons (Fsp3) is 0.500. The van der Waals surface area contributed by atoms with Crippen LogP contribution in [0.15, 0.2) is 11.1 Å². The van der Waals surface area contributed by atoms with Crippen molar-refractivity contribution < 1.29 is 53.3 Å². The van der Waals surface area contributed by atoms with Crippen molar-refractivity contribution in [2.75, 3.05) is 12.3 Å². The number of hydrogen-bond acceptors (Lipinski definition) is 10. The first kappa shape index (κ1) is 19.1. The summed E-state index contributed by atoms with van der Waals surface area (Å²) in [4.78, 5) is 24.0. The Kier molecular flexibility index (Phi) is 5.38. The molecule has 2 aliphatic rings. The van der Waals surface area contributed by atoms with E-state index in [1.165, 1.54) is 10.9 Å². The van der Waals surface area contributed by atoms with E-state index in [1.54, 1.807) is 0 Å². The number of hydrogen-bond donors (Lipinski definition) is 2. The Morgan fingerprint density at radius 3 is 3.00 bits per heavy atom. The van der Waals surface area contributed by atoms with Gasteiger partial charge in [-0.1, -0.05) is 11.8 Å². The quantitative estimate of drug-likeness (QED) is 0.257. The molecule has 5 unspecified atom stereocenters. The van der Waals surface area contributed by atoms with E-state index in [4.69, 9.17) is 31.3 Å². The number of rotatable bonds is 1. The van der Waals surface area contributed by atoms with E-state index in [9.17, 15) is 10.00 Å². The SMILES string of the molecule is Nc1ncnc2c1nc(Br)n2C1OC2COP([O-])(=S)OC2C1O.[Na+]. The summed E-state index contributed by atoms with van der Waals surface area (Å²) < 4.78 is 17.8. The van der Waals surface area contributed by atoms with Gasteiger partial charge in [-0.15, -0.1) is 0 Å². The van der Waals surface area contributed by atoms with Crippen molar-refractivity contribution in [1.82, 2.24) is 19.5 Å². The normalized spacial score (nSPS) is 35.6. The summed E-state index contributed by atoms with van der Waals surface area (Å²) in [6.07, 6.45) is -2.20. The van der Waals surface area contributed by atoms with Gasteiger partial charge in [-0.25, -0.2) is 15.0 Å². The first-order chi connectivity index (χ1) is 10.9. The molecule has 0 amide bonds. The predicted octanol–water partition coefficient (Wildman–Crippen LogP) is -3.57. The molecule has 0 bridgehead atoms. The maximum absolute atomic E-state index is 11.8. The molecule has 24 heavy (non-hydrogen) atoms. The van der Waals surface area contributed by atoms with Crippen LogP contribution in [-0.2, 0) is 25.6 Å². The van der Waals surface area contributed by atoms with Crippen LogP contribution in [0.1, 0.15) is 6.23 Å². The van der Waals surface area contributed by atoms with Gasteiger partial charge < -0.3 is 29.5 Å². The third-order valence-corrected chi connectivity index (χ3v) is 5.77. The van der Waals surface area contributed by atoms with Crippen molar-refractivity contribution in [3.8, 4) is 0 Å². The number of fused-ring (bicyclic) bond motifs is 2. The summed E-state index contributed by atoms with van der Waals surface area (Å²) in [6.45, 7) is -3.63. The van der Waals surface area contributed by atoms with Gasteiger partial charge in [0.15, 0.2) is 27.9 Å². The number of aliphatic hydroxyl groups excluding tert-OH is 1. The molecule has 0 radical (unpaired) electrons. The number of anilines is 1. The number of ether oxygens (including phenoxy) is 1. The van der Waals surface area contributed by atoms with E-state index in [0.29, 0.717) is 15.9 Å². The van der Waals surface area contributed by atoms with Gasteiger partial charge in [0.05, 0.1) is 6.61 Å². The first-order valence-electron chi connectivity index (χ1n) is 6.49. The summed E-state index contributed by atoms with van der Waals surface area (Å²) in [6, 6.07) is 0. The summed E-state index contributed by atoms with van der Waals surface area (Å²) in [7, 11) is 0. The number of nitrogens with two attached hydrogens (primary N) is 1. The molecule has 10 nitrogen and oxygen atoms in total. The number of imidazole rings is 1. The van der Waals surface area contributed by atoms with Crippen molar-refractivity contribution in [2.24, 2.45) is 0 Å². The molecule has 14 heteroatoms. The van der Waals surface area contributed by atoms with Gasteiger partial charge in [-0.3, -0.25) is 4.57 Å². The Morgan fingerprint density at radius 2 is 2.25 bits per heavy atom. The van der Waals surface area contributed by atoms with E-state index in [-0.39, 0.29) is 42.0 Å². The molecular weight excluding hydrogens is 436 g/mol. The van der Waals surface area contributed by atoms with Crippen LogP contribution in [0.5, 0.6) is 0 Å². The zero-order chi connectivity index (χ0) is 16.4. The van der Waals surface area contributed by atoms with Gasteiger partial charge >= 0.3 is 29.6 Å². The second kappa shape index (κ2) is 6.78. The van der Waals surface area contributed by atoms with E-state index >= 15 is 0 Å². The van der Waals surface area contributed by atoms with Crippen molar-refractivity contribution in [2.45, 2.75) is 24.5 Å². The molecule has 3 N–H and O–H groups in total. The van der Waals surface area contributed by atoms with Crippen LogP contribution in [0.3, 0.4) is 0 Å². The largest absolute Gasteiger partial charge is 1.00 e. The molecule has 2 aliphatic heterocycles. The van der Waals surface area contributed by atoms with Crippen molar-refractivity contribution >= 4 is 51.4 Å². The Hall–Kier alpha value is 0.280. The summed E-state index contributed by atoms with van der Waals surface area (Å²) >= 11 is 8.00. The zero-order valence-electron chi connectivity index (χ0n) is 12.3. The Morgan fingerprint density at radius 1 is 1.50 bits per heavy atom. The van der Waals surface area contributed by atoms with Crippen molar-refractivity contribution in [3.05, 3.63) is 11.1 Å². The van der Waals surface area contributed by atoms with Crippen LogP contribution in [-0.4, -0.2) is 49.5 Å². The molecule has 2 aromatic rings. The maximum Gasteiger partial charge on any atom is 1.00 e. The number of nitrogens with zero attached hydrogens (tertiary/aromatic N) is 4. The molecule has 0 aliphatic carbocycles. The number of nitrogen functional groups attached to an aromatic ring is 1. The summed E-state index contributed by atoms with van der Waals surface area (Å²) in [5, 5.41) is 10.5. The van der Waals surface area contributed by atoms with E-state index < -0.39 is 31.3 Å². The smallest absolute Gasteiger partial charge is 0.780 e. The monoisotopic (exact) mass is 445 g/mol. The van der Waals surface area contributed by atoms with Gasteiger partial charge in [-0.05, 0) is 15.9 Å². The number of aliphatic hydroxyl groups is 1. The predicted molar refractivity (Wildman–Crippen MR) is 82.5 cm³/mol. The minimum Gasteiger partial charge on any atom is -0.780 e. The zero-order valence-corrected chi connectivity index (χ0v) is 17.6. The van der Waals surface area contributed by atoms with Crippen molar-refractivity contribution in [3.63, 3.8) is 0 Å². The Bertz CT molecular complexity index is 841. The van der Waals surface area contributed by atoms with E-state index in [0.717, 1.165) is 0 Å². The minimum absolute atomic E-state index is 0. The summed E-state index contributed by atoms with van der Waals surface area (Å²) in [5.74, 6) is 0.203. The molecule has 2 saturated heterocycles. The molecule has 4 rings (SSSR count). The molecular formula is C10H10BrN5NaO5PS. The van der Waals surface area contributed by atoms with E-state index in [2.05, 4.69) is 30.9 Å². The fourth-order valence-electron chi connectivity index (χ4n) is 2.67. The molecule has 2 aromatic heterocycles. The van der Waals surface area contributed by atoms with Gasteiger partial charge in [0.2, 0.25) is 0 Å². The van der Waals surface area contributed by atoms with Gasteiger partial charge in [0.1, 0.15) is 31.4 Å². The van der Waals surface area contributed by atoms with Crippen LogP contribution in [0.25, 0.3) is 11.2 Å². The average molecular weight is 446 g/mol. The van der Waals surface area contributed by atoms with Crippen LogP contribution in [0.4, 0.5) is 5.82 Å². The topological polar surface area (TPSA) is 141 Å². The Balaban J connectivity index is 0.00000169. The van der Waals surface area contributed by atoms with Gasteiger partial charge in [0, 0.05) is 0 Å². The van der Waals surface area contributed by atoms with Crippen LogP contribution in [0.2, 0.25) is 0 Å². The number of halogens is 1. The second-order valence-electron chi connectivity index (χ2n) is 5.05. The minimum atomic E-state index is -3.60. The Labute approximate surface area is 171 Å². The molecule has 0 saturated carbocycles. The van der Waals surface area contributed by atoms with E-state index in [1.807, 2.05) is 0 Å². The van der Waals surface area contributed by atoms with Gasteiger partial charge in [0.25, 0.3) is 0 Å². The number of aromatic nitrogens is 4. The fourth-order valence-corrected chi connectivity index (χ4v) is 4.64. The van der Waals surface area contributed by atoms with Crippen LogP contribution in [0, 0.1) is 0 Å². The first-order valence-corrected chi connectivity index (χ1v) is 9.84. The molecule has 4 heterocycles. The van der Waals surface area contributed by atoms with Crippen LogP contribution >= 0.6 is 22.6 Å². The second-order valence-corrected chi connectivity index (χ2v) is 8.47. The molecule has 5 atom stereocenters. The molecule has 2 fully saturated rings. The van der Waals surface area contributed by atoms with Crippen LogP contribution < -0.4 is 40.2 Å².